The van der Waals surface area contributed by atoms with E-state index in [1.807, 2.05) is 12.1 Å². The Morgan fingerprint density at radius 2 is 1.82 bits per heavy atom. The average molecular weight is 302 g/mol. The van der Waals surface area contributed by atoms with E-state index in [1.165, 1.54) is 19.3 Å². The number of hydrogen-bond donors (Lipinski definition) is 1. The van der Waals surface area contributed by atoms with Crippen molar-refractivity contribution in [3.05, 3.63) is 29.8 Å². The number of nitrogens with one attached hydrogen (secondary N) is 1. The molecule has 1 aromatic carbocycles. The van der Waals surface area contributed by atoms with Gasteiger partial charge in [-0.05, 0) is 43.4 Å². The van der Waals surface area contributed by atoms with Crippen LogP contribution in [0, 0.1) is 0 Å². The van der Waals surface area contributed by atoms with Crippen LogP contribution in [0.25, 0.3) is 0 Å². The maximum absolute atomic E-state index is 12.6. The van der Waals surface area contributed by atoms with Gasteiger partial charge in [0.1, 0.15) is 5.75 Å². The molecule has 120 valence electrons. The zero-order valence-corrected chi connectivity index (χ0v) is 13.4. The van der Waals surface area contributed by atoms with Crippen molar-refractivity contribution < 1.29 is 9.53 Å². The minimum Gasteiger partial charge on any atom is -0.497 e. The zero-order valence-electron chi connectivity index (χ0n) is 13.4. The van der Waals surface area contributed by atoms with E-state index in [-0.39, 0.29) is 6.03 Å². The number of carbonyl (C=O) groups is 1. The monoisotopic (exact) mass is 302 g/mol. The van der Waals surface area contributed by atoms with Crippen molar-refractivity contribution in [1.82, 2.24) is 10.2 Å². The molecule has 1 N–H and O–H groups in total. The van der Waals surface area contributed by atoms with E-state index in [0.29, 0.717) is 18.6 Å². The van der Waals surface area contributed by atoms with Gasteiger partial charge in [-0.3, -0.25) is 0 Å². The molecule has 4 heteroatoms. The SMILES string of the molecule is COc1ccc(CN(C(=O)NC2CC2)C2CCCCC2)cc1. The normalized spacial score (nSPS) is 18.8. The van der Waals surface area contributed by atoms with Crippen LogP contribution in [0.15, 0.2) is 24.3 Å². The highest BCUT2D eigenvalue weighted by atomic mass is 16.5. The molecule has 2 aliphatic rings. The summed E-state index contributed by atoms with van der Waals surface area (Å²) in [5, 5.41) is 3.16. The smallest absolute Gasteiger partial charge is 0.318 e. The molecular formula is C18H26N2O2. The Hall–Kier alpha value is -1.71. The first-order chi connectivity index (χ1) is 10.8. The highest BCUT2D eigenvalue weighted by Gasteiger charge is 2.30. The highest BCUT2D eigenvalue weighted by molar-refractivity contribution is 5.75. The summed E-state index contributed by atoms with van der Waals surface area (Å²) in [7, 11) is 1.67. The van der Waals surface area contributed by atoms with E-state index in [0.717, 1.165) is 37.0 Å². The van der Waals surface area contributed by atoms with Crippen LogP contribution in [0.5, 0.6) is 5.75 Å². The van der Waals surface area contributed by atoms with Gasteiger partial charge in [0.2, 0.25) is 0 Å². The van der Waals surface area contributed by atoms with Gasteiger partial charge in [-0.2, -0.15) is 0 Å². The molecule has 2 fully saturated rings. The Labute approximate surface area is 132 Å². The van der Waals surface area contributed by atoms with Crippen LogP contribution < -0.4 is 10.1 Å². The summed E-state index contributed by atoms with van der Waals surface area (Å²) in [4.78, 5) is 14.7. The van der Waals surface area contributed by atoms with Crippen molar-refractivity contribution in [3.63, 3.8) is 0 Å². The standard InChI is InChI=1S/C18H26N2O2/c1-22-17-11-7-14(8-12-17)13-20(16-5-3-2-4-6-16)18(21)19-15-9-10-15/h7-8,11-12,15-16H,2-6,9-10,13H2,1H3,(H,19,21). The number of nitrogens with zero attached hydrogens (tertiary/aromatic N) is 1. The second kappa shape index (κ2) is 7.03. The first-order valence-corrected chi connectivity index (χ1v) is 8.46. The number of methoxy groups -OCH3 is 1. The van der Waals surface area contributed by atoms with E-state index in [1.54, 1.807) is 7.11 Å². The summed E-state index contributed by atoms with van der Waals surface area (Å²) in [5.74, 6) is 0.857. The van der Waals surface area contributed by atoms with Gasteiger partial charge in [0, 0.05) is 18.6 Å². The number of rotatable bonds is 5. The third kappa shape index (κ3) is 3.93. The van der Waals surface area contributed by atoms with Crippen LogP contribution in [0.4, 0.5) is 4.79 Å². The Balaban J connectivity index is 1.69. The van der Waals surface area contributed by atoms with Gasteiger partial charge in [0.15, 0.2) is 0 Å². The summed E-state index contributed by atoms with van der Waals surface area (Å²) in [5.41, 5.74) is 1.16. The van der Waals surface area contributed by atoms with Crippen LogP contribution in [-0.2, 0) is 6.54 Å². The molecule has 0 atom stereocenters. The maximum atomic E-state index is 12.6. The largest absolute Gasteiger partial charge is 0.497 e. The molecule has 2 amide bonds. The summed E-state index contributed by atoms with van der Waals surface area (Å²) >= 11 is 0. The molecule has 0 unspecified atom stereocenters. The number of benzene rings is 1. The summed E-state index contributed by atoms with van der Waals surface area (Å²) in [6.45, 7) is 0.688. The lowest BCUT2D eigenvalue weighted by Gasteiger charge is -2.34. The molecule has 2 aliphatic carbocycles. The molecule has 4 nitrogen and oxygen atoms in total. The number of carbonyl (C=O) groups excluding carboxylic acids is 1. The lowest BCUT2D eigenvalue weighted by atomic mass is 9.94. The predicted molar refractivity (Wildman–Crippen MR) is 87.0 cm³/mol. The lowest BCUT2D eigenvalue weighted by molar-refractivity contribution is 0.150. The number of ether oxygens (including phenoxy) is 1. The number of amides is 2. The van der Waals surface area contributed by atoms with Crippen molar-refractivity contribution in [2.45, 2.75) is 63.6 Å². The van der Waals surface area contributed by atoms with Gasteiger partial charge in [-0.25, -0.2) is 4.79 Å². The molecule has 0 aromatic heterocycles. The van der Waals surface area contributed by atoms with Crippen LogP contribution >= 0.6 is 0 Å². The van der Waals surface area contributed by atoms with Crippen molar-refractivity contribution in [2.75, 3.05) is 7.11 Å². The molecule has 0 saturated heterocycles. The van der Waals surface area contributed by atoms with Gasteiger partial charge in [-0.15, -0.1) is 0 Å². The fraction of sp³-hybridized carbons (Fsp3) is 0.611. The topological polar surface area (TPSA) is 41.6 Å². The van der Waals surface area contributed by atoms with E-state index in [9.17, 15) is 4.79 Å². The molecule has 3 rings (SSSR count). The van der Waals surface area contributed by atoms with Crippen molar-refractivity contribution in [3.8, 4) is 5.75 Å². The Bertz CT molecular complexity index is 490. The third-order valence-corrected chi connectivity index (χ3v) is 4.69. The maximum Gasteiger partial charge on any atom is 0.318 e. The zero-order chi connectivity index (χ0) is 15.4. The highest BCUT2D eigenvalue weighted by Crippen LogP contribution is 2.26. The summed E-state index contributed by atoms with van der Waals surface area (Å²) in [6.07, 6.45) is 8.31. The minimum atomic E-state index is 0.116. The van der Waals surface area contributed by atoms with Crippen LogP contribution in [-0.4, -0.2) is 30.1 Å². The van der Waals surface area contributed by atoms with Crippen LogP contribution in [0.2, 0.25) is 0 Å². The molecule has 22 heavy (non-hydrogen) atoms. The predicted octanol–water partition coefficient (Wildman–Crippen LogP) is 3.70. The molecule has 0 spiro atoms. The van der Waals surface area contributed by atoms with Gasteiger partial charge < -0.3 is 15.0 Å². The van der Waals surface area contributed by atoms with E-state index >= 15 is 0 Å². The number of urea groups is 1. The van der Waals surface area contributed by atoms with Crippen LogP contribution in [0.1, 0.15) is 50.5 Å². The second-order valence-corrected chi connectivity index (χ2v) is 6.49. The van der Waals surface area contributed by atoms with Crippen molar-refractivity contribution in [1.29, 1.82) is 0 Å². The molecule has 0 heterocycles. The molecule has 1 aromatic rings. The Kier molecular flexibility index (Phi) is 4.86. The van der Waals surface area contributed by atoms with Gasteiger partial charge in [0.25, 0.3) is 0 Å². The van der Waals surface area contributed by atoms with Gasteiger partial charge in [0.05, 0.1) is 7.11 Å². The Morgan fingerprint density at radius 3 is 2.41 bits per heavy atom. The summed E-state index contributed by atoms with van der Waals surface area (Å²) in [6, 6.07) is 8.95. The van der Waals surface area contributed by atoms with E-state index in [2.05, 4.69) is 22.3 Å². The van der Waals surface area contributed by atoms with E-state index < -0.39 is 0 Å². The average Bonchev–Trinajstić information content (AvgIpc) is 3.38. The fourth-order valence-corrected chi connectivity index (χ4v) is 3.17. The second-order valence-electron chi connectivity index (χ2n) is 6.49. The quantitative estimate of drug-likeness (QED) is 0.901. The van der Waals surface area contributed by atoms with Crippen molar-refractivity contribution >= 4 is 6.03 Å². The molecule has 0 aliphatic heterocycles. The van der Waals surface area contributed by atoms with Crippen LogP contribution in [0.3, 0.4) is 0 Å². The fourth-order valence-electron chi connectivity index (χ4n) is 3.17. The first-order valence-electron chi connectivity index (χ1n) is 8.46. The van der Waals surface area contributed by atoms with Gasteiger partial charge in [-0.1, -0.05) is 31.4 Å². The summed E-state index contributed by atoms with van der Waals surface area (Å²) < 4.78 is 5.21. The molecule has 2 saturated carbocycles. The molecular weight excluding hydrogens is 276 g/mol. The number of hydrogen-bond acceptors (Lipinski definition) is 2. The molecule has 0 radical (unpaired) electrons. The van der Waals surface area contributed by atoms with Crippen molar-refractivity contribution in [2.24, 2.45) is 0 Å². The third-order valence-electron chi connectivity index (χ3n) is 4.69. The lowest BCUT2D eigenvalue weighted by Crippen LogP contribution is -2.47. The van der Waals surface area contributed by atoms with E-state index in [4.69, 9.17) is 4.74 Å². The Morgan fingerprint density at radius 1 is 1.14 bits per heavy atom. The van der Waals surface area contributed by atoms with Gasteiger partial charge >= 0.3 is 6.03 Å². The minimum absolute atomic E-state index is 0.116. The first kappa shape index (κ1) is 15.2. The molecule has 0 bridgehead atoms.